The van der Waals surface area contributed by atoms with Gasteiger partial charge in [-0.15, -0.1) is 0 Å². The van der Waals surface area contributed by atoms with Crippen molar-refractivity contribution in [2.45, 2.75) is 13.0 Å². The van der Waals surface area contributed by atoms with E-state index in [-0.39, 0.29) is 28.2 Å². The molecule has 2 N–H and O–H groups in total. The lowest BCUT2D eigenvalue weighted by atomic mass is 10.1. The van der Waals surface area contributed by atoms with Gasteiger partial charge in [-0.1, -0.05) is 30.3 Å². The van der Waals surface area contributed by atoms with Crippen molar-refractivity contribution in [2.24, 2.45) is 4.99 Å². The van der Waals surface area contributed by atoms with Gasteiger partial charge in [0.1, 0.15) is 29.7 Å². The van der Waals surface area contributed by atoms with Gasteiger partial charge in [-0.2, -0.15) is 9.49 Å². The van der Waals surface area contributed by atoms with E-state index in [4.69, 9.17) is 15.5 Å². The second-order valence-electron chi connectivity index (χ2n) is 8.91. The largest absolute Gasteiger partial charge is 0.494 e. The number of hydrogen-bond acceptors (Lipinski definition) is 7. The maximum atomic E-state index is 15.2. The highest BCUT2D eigenvalue weighted by Crippen LogP contribution is 2.36. The number of likely N-dealkylation sites (N-methyl/N-ethyl adjacent to an activating group) is 1. The van der Waals surface area contributed by atoms with Gasteiger partial charge in [-0.05, 0) is 43.3 Å². The standard InChI is InChI=1S/C29H25F2N7O2/c1-17(28(37(2)19-10-5-4-6-11-19)35-21-12-8-7-9-18(21)15-39)38-29-23(27(32)33-16-34-29)26(36-38)20-13-14-22(40-3)25(31)24(20)30/h4-17H,1-3H3,(H2,32,33,34)/b35-28-/t17-/m0/s1. The molecule has 0 aliphatic heterocycles. The van der Waals surface area contributed by atoms with E-state index in [1.165, 1.54) is 30.3 Å². The minimum atomic E-state index is -1.15. The molecular formula is C29H25F2N7O2. The van der Waals surface area contributed by atoms with Gasteiger partial charge in [-0.3, -0.25) is 4.79 Å². The van der Waals surface area contributed by atoms with Crippen LogP contribution in [0.25, 0.3) is 22.3 Å². The fourth-order valence-electron chi connectivity index (χ4n) is 4.48. The lowest BCUT2D eigenvalue weighted by Crippen LogP contribution is -2.34. The zero-order valence-electron chi connectivity index (χ0n) is 21.9. The molecule has 9 nitrogen and oxygen atoms in total. The van der Waals surface area contributed by atoms with Gasteiger partial charge in [0.05, 0.1) is 18.2 Å². The van der Waals surface area contributed by atoms with Gasteiger partial charge in [0.2, 0.25) is 5.82 Å². The number of anilines is 2. The van der Waals surface area contributed by atoms with Crippen molar-refractivity contribution in [3.05, 3.63) is 90.3 Å². The molecule has 5 rings (SSSR count). The third-order valence-corrected chi connectivity index (χ3v) is 6.57. The first kappa shape index (κ1) is 26.4. The van der Waals surface area contributed by atoms with Crippen LogP contribution < -0.4 is 15.4 Å². The highest BCUT2D eigenvalue weighted by molar-refractivity contribution is 6.04. The number of aromatic nitrogens is 4. The van der Waals surface area contributed by atoms with Crippen molar-refractivity contribution in [1.29, 1.82) is 0 Å². The highest BCUT2D eigenvalue weighted by atomic mass is 19.2. The van der Waals surface area contributed by atoms with Crippen LogP contribution in [0, 0.1) is 11.6 Å². The van der Waals surface area contributed by atoms with Crippen LogP contribution in [0.3, 0.4) is 0 Å². The number of aldehydes is 1. The number of benzene rings is 3. The Morgan fingerprint density at radius 1 is 1.05 bits per heavy atom. The highest BCUT2D eigenvalue weighted by Gasteiger charge is 2.28. The lowest BCUT2D eigenvalue weighted by molar-refractivity contribution is 0.112. The maximum Gasteiger partial charge on any atom is 0.201 e. The van der Waals surface area contributed by atoms with E-state index in [1.807, 2.05) is 49.2 Å². The average Bonchev–Trinajstić information content (AvgIpc) is 3.38. The Balaban J connectivity index is 1.74. The molecular weight excluding hydrogens is 516 g/mol. The van der Waals surface area contributed by atoms with Gasteiger partial charge in [0.25, 0.3) is 0 Å². The van der Waals surface area contributed by atoms with Crippen molar-refractivity contribution < 1.29 is 18.3 Å². The normalized spacial score (nSPS) is 12.4. The Hall–Kier alpha value is -5.19. The molecule has 40 heavy (non-hydrogen) atoms. The van der Waals surface area contributed by atoms with Crippen molar-refractivity contribution in [1.82, 2.24) is 19.7 Å². The number of carbonyl (C=O) groups is 1. The molecule has 5 aromatic rings. The maximum absolute atomic E-state index is 15.2. The first-order valence-corrected chi connectivity index (χ1v) is 12.3. The third kappa shape index (κ3) is 4.62. The van der Waals surface area contributed by atoms with Crippen LogP contribution in [0.5, 0.6) is 5.75 Å². The van der Waals surface area contributed by atoms with E-state index in [0.717, 1.165) is 12.0 Å². The zero-order valence-corrected chi connectivity index (χ0v) is 21.9. The molecule has 2 heterocycles. The van der Waals surface area contributed by atoms with Crippen LogP contribution in [0.2, 0.25) is 0 Å². The summed E-state index contributed by atoms with van der Waals surface area (Å²) in [6.45, 7) is 1.83. The Kier molecular flexibility index (Phi) is 7.19. The number of carbonyl (C=O) groups excluding carboxylic acids is 1. The average molecular weight is 542 g/mol. The third-order valence-electron chi connectivity index (χ3n) is 6.57. The number of para-hydroxylation sites is 2. The first-order valence-electron chi connectivity index (χ1n) is 12.3. The van der Waals surface area contributed by atoms with E-state index in [1.54, 1.807) is 24.3 Å². The number of nitrogens with two attached hydrogens (primary N) is 1. The lowest BCUT2D eigenvalue weighted by Gasteiger charge is -2.26. The van der Waals surface area contributed by atoms with Crippen molar-refractivity contribution in [3.63, 3.8) is 0 Å². The molecule has 0 radical (unpaired) electrons. The number of aliphatic imine (C=N–C) groups is 1. The number of nitrogen functional groups attached to an aromatic ring is 1. The molecule has 0 saturated carbocycles. The molecule has 0 spiro atoms. The minimum absolute atomic E-state index is 0.0512. The van der Waals surface area contributed by atoms with Crippen LogP contribution >= 0.6 is 0 Å². The number of fused-ring (bicyclic) bond motifs is 1. The number of rotatable bonds is 7. The number of hydrogen-bond donors (Lipinski definition) is 1. The predicted octanol–water partition coefficient (Wildman–Crippen LogP) is 5.60. The van der Waals surface area contributed by atoms with E-state index >= 15 is 4.39 Å². The Morgan fingerprint density at radius 3 is 2.50 bits per heavy atom. The minimum Gasteiger partial charge on any atom is -0.494 e. The topological polar surface area (TPSA) is 112 Å². The number of halogens is 2. The zero-order chi connectivity index (χ0) is 28.4. The molecule has 0 aliphatic carbocycles. The number of nitrogens with zero attached hydrogens (tertiary/aromatic N) is 6. The number of amidine groups is 1. The molecule has 3 aromatic carbocycles. The van der Waals surface area contributed by atoms with Crippen LogP contribution in [0.15, 0.2) is 78.0 Å². The summed E-state index contributed by atoms with van der Waals surface area (Å²) in [5.74, 6) is -1.99. The van der Waals surface area contributed by atoms with Gasteiger partial charge in [0, 0.05) is 23.9 Å². The first-order chi connectivity index (χ1) is 19.3. The molecule has 2 aromatic heterocycles. The Morgan fingerprint density at radius 2 is 1.77 bits per heavy atom. The summed E-state index contributed by atoms with van der Waals surface area (Å²) < 4.78 is 36.4. The Bertz CT molecular complexity index is 1740. The molecule has 0 amide bonds. The van der Waals surface area contributed by atoms with Crippen LogP contribution in [0.4, 0.5) is 26.0 Å². The molecule has 11 heteroatoms. The Labute approximate surface area is 228 Å². The summed E-state index contributed by atoms with van der Waals surface area (Å²) in [6, 6.07) is 18.5. The number of methoxy groups -OCH3 is 1. The number of ether oxygens (including phenoxy) is 1. The summed E-state index contributed by atoms with van der Waals surface area (Å²) in [7, 11) is 3.09. The van der Waals surface area contributed by atoms with E-state index < -0.39 is 17.7 Å². The monoisotopic (exact) mass is 541 g/mol. The van der Waals surface area contributed by atoms with Gasteiger partial charge < -0.3 is 15.4 Å². The van der Waals surface area contributed by atoms with Crippen LogP contribution in [-0.4, -0.2) is 46.0 Å². The summed E-state index contributed by atoms with van der Waals surface area (Å²) >= 11 is 0. The van der Waals surface area contributed by atoms with Crippen LogP contribution in [-0.2, 0) is 0 Å². The quantitative estimate of drug-likeness (QED) is 0.162. The molecule has 0 aliphatic rings. The van der Waals surface area contributed by atoms with Gasteiger partial charge >= 0.3 is 0 Å². The fourth-order valence-corrected chi connectivity index (χ4v) is 4.48. The molecule has 1 atom stereocenters. The van der Waals surface area contributed by atoms with E-state index in [9.17, 15) is 9.18 Å². The van der Waals surface area contributed by atoms with Gasteiger partial charge in [0.15, 0.2) is 23.5 Å². The van der Waals surface area contributed by atoms with Crippen LogP contribution in [0.1, 0.15) is 23.3 Å². The summed E-state index contributed by atoms with van der Waals surface area (Å²) in [5.41, 5.74) is 8.13. The second kappa shape index (κ2) is 10.9. The molecule has 0 fully saturated rings. The molecule has 202 valence electrons. The summed E-state index contributed by atoms with van der Waals surface area (Å²) in [5, 5.41) is 4.93. The summed E-state index contributed by atoms with van der Waals surface area (Å²) in [4.78, 5) is 26.9. The summed E-state index contributed by atoms with van der Waals surface area (Å²) in [6.07, 6.45) is 2.01. The SMILES string of the molecule is COc1ccc(-c2nn([C@@H](C)/C(=N/c3ccccc3C=O)N(C)c3ccccc3)c3ncnc(N)c23)c(F)c1F. The second-order valence-corrected chi connectivity index (χ2v) is 8.91. The van der Waals surface area contributed by atoms with E-state index in [2.05, 4.69) is 15.1 Å². The van der Waals surface area contributed by atoms with E-state index in [0.29, 0.717) is 22.7 Å². The molecule has 0 bridgehead atoms. The van der Waals surface area contributed by atoms with Crippen molar-refractivity contribution >= 4 is 40.3 Å². The van der Waals surface area contributed by atoms with Crippen molar-refractivity contribution in [2.75, 3.05) is 24.8 Å². The fraction of sp³-hybridized carbons (Fsp3) is 0.138. The van der Waals surface area contributed by atoms with Gasteiger partial charge in [-0.25, -0.2) is 24.0 Å². The van der Waals surface area contributed by atoms with Crippen molar-refractivity contribution in [3.8, 4) is 17.0 Å². The molecule has 0 saturated heterocycles. The smallest absolute Gasteiger partial charge is 0.201 e. The predicted molar refractivity (Wildman–Crippen MR) is 150 cm³/mol. The molecule has 0 unspecified atom stereocenters.